The summed E-state index contributed by atoms with van der Waals surface area (Å²) in [5, 5.41) is 4.25. The summed E-state index contributed by atoms with van der Waals surface area (Å²) < 4.78 is 39.4. The van der Waals surface area contributed by atoms with Crippen LogP contribution in [0.1, 0.15) is 86.7 Å². The Balaban J connectivity index is 1.32. The molecule has 44 heavy (non-hydrogen) atoms. The average Bonchev–Trinajstić information content (AvgIpc) is 3.94. The van der Waals surface area contributed by atoms with Crippen molar-refractivity contribution in [2.24, 2.45) is 17.8 Å². The van der Waals surface area contributed by atoms with Crippen molar-refractivity contribution in [3.63, 3.8) is 0 Å². The first kappa shape index (κ1) is 26.6. The quantitative estimate of drug-likeness (QED) is 0.302. The Morgan fingerprint density at radius 3 is 2.55 bits per heavy atom. The van der Waals surface area contributed by atoms with Gasteiger partial charge in [0.2, 0.25) is 0 Å². The predicted octanol–water partition coefficient (Wildman–Crippen LogP) is 5.77. The molecule has 1 aromatic carbocycles. The van der Waals surface area contributed by atoms with E-state index in [-0.39, 0.29) is 40.3 Å². The van der Waals surface area contributed by atoms with Gasteiger partial charge in [-0.15, -0.1) is 0 Å². The van der Waals surface area contributed by atoms with Crippen LogP contribution < -0.4 is 15.7 Å². The highest BCUT2D eigenvalue weighted by Crippen LogP contribution is 2.57. The summed E-state index contributed by atoms with van der Waals surface area (Å²) in [6, 6.07) is 5.34. The minimum Gasteiger partial charge on any atom is -0.496 e. The smallest absolute Gasteiger partial charge is 0.353 e. The van der Waals surface area contributed by atoms with Crippen molar-refractivity contribution in [1.29, 1.82) is 0 Å². The van der Waals surface area contributed by atoms with E-state index in [0.29, 0.717) is 46.6 Å². The zero-order valence-corrected chi connectivity index (χ0v) is 24.8. The molecule has 1 N–H and O–H groups in total. The summed E-state index contributed by atoms with van der Waals surface area (Å²) >= 11 is 0. The number of nitrogens with one attached hydrogen (secondary N) is 1. The molecule has 5 fully saturated rings. The fraction of sp³-hybridized carbons (Fsp3) is 0.500. The number of ether oxygens (including phenoxy) is 1. The van der Waals surface area contributed by atoms with Crippen molar-refractivity contribution in [2.45, 2.75) is 81.7 Å². The monoisotopic (exact) mass is 596 g/mol. The normalized spacial score (nSPS) is 30.2. The van der Waals surface area contributed by atoms with Gasteiger partial charge in [0.15, 0.2) is 5.82 Å². The van der Waals surface area contributed by atoms with Crippen LogP contribution in [0.5, 0.6) is 5.75 Å². The Kier molecular flexibility index (Phi) is 5.81. The lowest BCUT2D eigenvalue weighted by Gasteiger charge is -2.51. The lowest BCUT2D eigenvalue weighted by molar-refractivity contribution is 0.0529. The third-order valence-corrected chi connectivity index (χ3v) is 11.2. The van der Waals surface area contributed by atoms with Crippen LogP contribution in [0.15, 0.2) is 35.5 Å². The SMILES string of the molecule is COc1cccc(F)c1-c1ncc2c(C3CC4C5CCC(C[C@H]34)N5)nc(=O)n(-c3c(C4CC4)ncnc3C3CC3C)c2c1F. The molecule has 0 spiro atoms. The Morgan fingerprint density at radius 1 is 0.955 bits per heavy atom. The van der Waals surface area contributed by atoms with E-state index in [1.165, 1.54) is 36.7 Å². The van der Waals surface area contributed by atoms with Crippen molar-refractivity contribution >= 4 is 10.9 Å². The van der Waals surface area contributed by atoms with Gasteiger partial charge in [-0.25, -0.2) is 23.5 Å². The van der Waals surface area contributed by atoms with Gasteiger partial charge in [0, 0.05) is 41.4 Å². The second-order valence-corrected chi connectivity index (χ2v) is 13.7. The molecule has 3 aliphatic carbocycles. The largest absolute Gasteiger partial charge is 0.496 e. The minimum absolute atomic E-state index is 0.0444. The van der Waals surface area contributed by atoms with Gasteiger partial charge in [0.1, 0.15) is 23.6 Å². The molecule has 4 aromatic rings. The minimum atomic E-state index is -0.770. The molecule has 5 heterocycles. The number of benzene rings is 1. The van der Waals surface area contributed by atoms with Gasteiger partial charge < -0.3 is 10.1 Å². The number of rotatable bonds is 6. The van der Waals surface area contributed by atoms with Gasteiger partial charge in [0.25, 0.3) is 0 Å². The Hall–Kier alpha value is -3.79. The van der Waals surface area contributed by atoms with Gasteiger partial charge in [-0.05, 0) is 74.8 Å². The standard InChI is InChI=1S/C34H34F2N6O2/c1-15-10-18(15)30-33(28(16-6-7-16)38-14-39-30)42-32-22(13-37-31(27(32)36)26-23(35)4-3-5-25(26)44-2)29(41-34(42)43)21-12-20-19(21)11-17-8-9-24(20)40-17/h3-5,13-21,24,40H,6-12H2,1-2H3/t15?,17?,18?,19-,20?,21?,24?/m0/s1. The van der Waals surface area contributed by atoms with Crippen LogP contribution >= 0.6 is 0 Å². The lowest BCUT2D eigenvalue weighted by atomic mass is 9.58. The van der Waals surface area contributed by atoms with Crippen LogP contribution in [0.2, 0.25) is 0 Å². The molecule has 3 saturated carbocycles. The molecule has 0 amide bonds. The summed E-state index contributed by atoms with van der Waals surface area (Å²) in [6.45, 7) is 2.15. The van der Waals surface area contributed by atoms with E-state index in [2.05, 4.69) is 27.2 Å². The number of piperidine rings is 1. The van der Waals surface area contributed by atoms with Crippen molar-refractivity contribution in [3.05, 3.63) is 69.9 Å². The molecule has 226 valence electrons. The second kappa shape index (κ2) is 9.60. The van der Waals surface area contributed by atoms with E-state index in [4.69, 9.17) is 9.72 Å². The number of aromatic nitrogens is 5. The third-order valence-electron chi connectivity index (χ3n) is 11.2. The average molecular weight is 597 g/mol. The summed E-state index contributed by atoms with van der Waals surface area (Å²) in [4.78, 5) is 32.9. The van der Waals surface area contributed by atoms with Gasteiger partial charge in [0.05, 0.1) is 41.0 Å². The van der Waals surface area contributed by atoms with Crippen molar-refractivity contribution in [3.8, 4) is 22.7 Å². The molecule has 10 heteroatoms. The number of hydrogen-bond donors (Lipinski definition) is 1. The molecule has 9 rings (SSSR count). The molecular formula is C34H34F2N6O2. The van der Waals surface area contributed by atoms with Gasteiger partial charge in [-0.3, -0.25) is 9.55 Å². The van der Waals surface area contributed by atoms with Crippen LogP contribution in [-0.2, 0) is 0 Å². The van der Waals surface area contributed by atoms with E-state index >= 15 is 8.78 Å². The molecule has 8 nitrogen and oxygen atoms in total. The van der Waals surface area contributed by atoms with E-state index in [1.54, 1.807) is 18.6 Å². The molecule has 0 radical (unpaired) electrons. The van der Waals surface area contributed by atoms with Crippen LogP contribution in [0.3, 0.4) is 0 Å². The molecule has 3 aromatic heterocycles. The Morgan fingerprint density at radius 2 is 1.77 bits per heavy atom. The fourth-order valence-electron chi connectivity index (χ4n) is 8.59. The first-order valence-corrected chi connectivity index (χ1v) is 16.0. The van der Waals surface area contributed by atoms with E-state index in [9.17, 15) is 4.79 Å². The predicted molar refractivity (Wildman–Crippen MR) is 160 cm³/mol. The fourth-order valence-corrected chi connectivity index (χ4v) is 8.59. The Labute approximate surface area is 253 Å². The maximum absolute atomic E-state index is 17.3. The number of nitrogens with zero attached hydrogens (tertiary/aromatic N) is 5. The van der Waals surface area contributed by atoms with Crippen LogP contribution in [0.25, 0.3) is 27.8 Å². The summed E-state index contributed by atoms with van der Waals surface area (Å²) in [5.41, 5.74) is 1.91. The number of methoxy groups -OCH3 is 1. The first-order chi connectivity index (χ1) is 21.4. The van der Waals surface area contributed by atoms with Crippen molar-refractivity contribution < 1.29 is 13.5 Å². The molecular weight excluding hydrogens is 562 g/mol. The first-order valence-electron chi connectivity index (χ1n) is 16.0. The number of halogens is 2. The molecule has 2 aliphatic heterocycles. The van der Waals surface area contributed by atoms with E-state index < -0.39 is 17.3 Å². The number of fused-ring (bicyclic) bond motifs is 5. The molecule has 2 bridgehead atoms. The number of pyridine rings is 1. The van der Waals surface area contributed by atoms with Gasteiger partial charge in [-0.1, -0.05) is 13.0 Å². The zero-order chi connectivity index (χ0) is 29.9. The summed E-state index contributed by atoms with van der Waals surface area (Å²) in [5.74, 6) is 0.438. The van der Waals surface area contributed by atoms with Crippen molar-refractivity contribution in [1.82, 2.24) is 29.8 Å². The molecule has 5 aliphatic rings. The maximum Gasteiger partial charge on any atom is 0.353 e. The highest BCUT2D eigenvalue weighted by Gasteiger charge is 2.53. The second-order valence-electron chi connectivity index (χ2n) is 13.7. The summed E-state index contributed by atoms with van der Waals surface area (Å²) in [6.07, 6.45) is 10.3. The van der Waals surface area contributed by atoms with Crippen molar-refractivity contribution in [2.75, 3.05) is 7.11 Å². The third kappa shape index (κ3) is 3.85. The topological polar surface area (TPSA) is 94.8 Å². The van der Waals surface area contributed by atoms with Crippen LogP contribution in [0, 0.1) is 29.4 Å². The highest BCUT2D eigenvalue weighted by molar-refractivity contribution is 5.88. The molecule has 7 atom stereocenters. The highest BCUT2D eigenvalue weighted by atomic mass is 19.1. The Bertz CT molecular complexity index is 1910. The zero-order valence-electron chi connectivity index (χ0n) is 24.8. The lowest BCUT2D eigenvalue weighted by Crippen LogP contribution is -2.53. The summed E-state index contributed by atoms with van der Waals surface area (Å²) in [7, 11) is 1.42. The van der Waals surface area contributed by atoms with Gasteiger partial charge >= 0.3 is 5.69 Å². The van der Waals surface area contributed by atoms with E-state index in [1.807, 2.05) is 0 Å². The van der Waals surface area contributed by atoms with Crippen LogP contribution in [-0.4, -0.2) is 43.7 Å². The van der Waals surface area contributed by atoms with E-state index in [0.717, 1.165) is 43.5 Å². The molecule has 6 unspecified atom stereocenters. The van der Waals surface area contributed by atoms with Gasteiger partial charge in [-0.2, -0.15) is 4.98 Å². The maximum atomic E-state index is 17.3. The number of hydrogen-bond acceptors (Lipinski definition) is 7. The molecule has 2 saturated heterocycles. The van der Waals surface area contributed by atoms with Crippen LogP contribution in [0.4, 0.5) is 8.78 Å².